The van der Waals surface area contributed by atoms with Gasteiger partial charge >= 0.3 is 0 Å². The summed E-state index contributed by atoms with van der Waals surface area (Å²) in [5.41, 5.74) is 0. The van der Waals surface area contributed by atoms with Crippen LogP contribution in [0.25, 0.3) is 0 Å². The highest BCUT2D eigenvalue weighted by molar-refractivity contribution is 4.72. The van der Waals surface area contributed by atoms with E-state index >= 15 is 0 Å². The second kappa shape index (κ2) is 6.44. The third-order valence-corrected chi connectivity index (χ3v) is 2.42. The Kier molecular flexibility index (Phi) is 6.39. The molecule has 12 heavy (non-hydrogen) atoms. The zero-order valence-corrected chi connectivity index (χ0v) is 8.45. The molecule has 0 bridgehead atoms. The average Bonchev–Trinajstić information content (AvgIpc) is 2.04. The fraction of sp³-hybridized carbons (Fsp3) is 1.00. The van der Waals surface area contributed by atoms with Gasteiger partial charge in [-0.15, -0.1) is 0 Å². The molecule has 0 heterocycles. The van der Waals surface area contributed by atoms with Crippen molar-refractivity contribution in [1.82, 2.24) is 0 Å². The normalized spacial score (nSPS) is 18.8. The molecule has 2 N–H and O–H groups in total. The summed E-state index contributed by atoms with van der Waals surface area (Å²) in [6, 6.07) is 0. The van der Waals surface area contributed by atoms with Crippen molar-refractivity contribution in [1.29, 1.82) is 0 Å². The van der Waals surface area contributed by atoms with E-state index in [1.165, 1.54) is 0 Å². The lowest BCUT2D eigenvalue weighted by molar-refractivity contribution is 0.0144. The maximum absolute atomic E-state index is 9.55. The van der Waals surface area contributed by atoms with Crippen molar-refractivity contribution in [2.45, 2.75) is 58.7 Å². The maximum atomic E-state index is 9.55. The van der Waals surface area contributed by atoms with Gasteiger partial charge in [-0.2, -0.15) is 0 Å². The Labute approximate surface area is 75.6 Å². The minimum atomic E-state index is -0.383. The molecule has 0 aromatic carbocycles. The van der Waals surface area contributed by atoms with Crippen LogP contribution in [0, 0.1) is 5.92 Å². The molecule has 3 atom stereocenters. The van der Waals surface area contributed by atoms with Crippen molar-refractivity contribution in [3.8, 4) is 0 Å². The van der Waals surface area contributed by atoms with E-state index in [0.717, 1.165) is 25.7 Å². The predicted octanol–water partition coefficient (Wildman–Crippen LogP) is 1.94. The molecule has 0 aromatic rings. The van der Waals surface area contributed by atoms with Crippen LogP contribution >= 0.6 is 0 Å². The largest absolute Gasteiger partial charge is 0.393 e. The van der Waals surface area contributed by atoms with Crippen molar-refractivity contribution in [2.75, 3.05) is 0 Å². The Morgan fingerprint density at radius 2 is 1.75 bits per heavy atom. The number of hydrogen-bond donors (Lipinski definition) is 2. The Morgan fingerprint density at radius 1 is 1.17 bits per heavy atom. The average molecular weight is 174 g/mol. The minimum absolute atomic E-state index is 0.0648. The summed E-state index contributed by atoms with van der Waals surface area (Å²) < 4.78 is 0. The summed E-state index contributed by atoms with van der Waals surface area (Å²) in [6.07, 6.45) is 3.16. The lowest BCUT2D eigenvalue weighted by atomic mass is 9.90. The van der Waals surface area contributed by atoms with Crippen LogP contribution in [0.5, 0.6) is 0 Å². The first-order valence-corrected chi connectivity index (χ1v) is 4.99. The maximum Gasteiger partial charge on any atom is 0.0590 e. The van der Waals surface area contributed by atoms with Gasteiger partial charge in [-0.05, 0) is 19.8 Å². The van der Waals surface area contributed by atoms with Crippen LogP contribution in [0.3, 0.4) is 0 Å². The number of hydrogen-bond acceptors (Lipinski definition) is 2. The van der Waals surface area contributed by atoms with Gasteiger partial charge in [0.05, 0.1) is 12.2 Å². The summed E-state index contributed by atoms with van der Waals surface area (Å²) in [6.45, 7) is 5.84. The summed E-state index contributed by atoms with van der Waals surface area (Å²) >= 11 is 0. The first kappa shape index (κ1) is 11.9. The number of unbranched alkanes of at least 4 members (excludes halogenated alkanes) is 1. The lowest BCUT2D eigenvalue weighted by Crippen LogP contribution is -2.29. The molecule has 0 aliphatic carbocycles. The van der Waals surface area contributed by atoms with E-state index in [2.05, 4.69) is 6.92 Å². The smallest absolute Gasteiger partial charge is 0.0590 e. The number of rotatable bonds is 6. The Balaban J connectivity index is 3.85. The molecule has 0 saturated heterocycles. The molecule has 0 aliphatic heterocycles. The van der Waals surface area contributed by atoms with Crippen molar-refractivity contribution in [3.63, 3.8) is 0 Å². The molecule has 0 amide bonds. The topological polar surface area (TPSA) is 40.5 Å². The molecule has 0 radical (unpaired) electrons. The van der Waals surface area contributed by atoms with Crippen LogP contribution in [-0.2, 0) is 0 Å². The standard InChI is InChI=1S/C10H22O2/c1-4-6-7-9(8(3)11)10(12)5-2/h8-12H,4-7H2,1-3H3. The Morgan fingerprint density at radius 3 is 2.08 bits per heavy atom. The summed E-state index contributed by atoms with van der Waals surface area (Å²) in [5.74, 6) is 0.0648. The molecule has 2 heteroatoms. The van der Waals surface area contributed by atoms with Gasteiger partial charge in [0.2, 0.25) is 0 Å². The SMILES string of the molecule is CCCCC(C(C)O)C(O)CC. The molecule has 2 nitrogen and oxygen atoms in total. The van der Waals surface area contributed by atoms with Crippen LogP contribution in [0.1, 0.15) is 46.5 Å². The van der Waals surface area contributed by atoms with Crippen LogP contribution < -0.4 is 0 Å². The second-order valence-corrected chi connectivity index (χ2v) is 3.52. The quantitative estimate of drug-likeness (QED) is 0.646. The van der Waals surface area contributed by atoms with Gasteiger partial charge in [0, 0.05) is 5.92 Å². The van der Waals surface area contributed by atoms with Gasteiger partial charge in [-0.1, -0.05) is 26.7 Å². The first-order chi connectivity index (χ1) is 5.63. The molecule has 0 fully saturated rings. The number of aliphatic hydroxyl groups excluding tert-OH is 2. The minimum Gasteiger partial charge on any atom is -0.393 e. The van der Waals surface area contributed by atoms with Crippen molar-refractivity contribution >= 4 is 0 Å². The van der Waals surface area contributed by atoms with Crippen LogP contribution in [0.15, 0.2) is 0 Å². The Hall–Kier alpha value is -0.0800. The zero-order chi connectivity index (χ0) is 9.56. The van der Waals surface area contributed by atoms with Crippen LogP contribution in [0.2, 0.25) is 0 Å². The van der Waals surface area contributed by atoms with Crippen molar-refractivity contribution < 1.29 is 10.2 Å². The molecular weight excluding hydrogens is 152 g/mol. The highest BCUT2D eigenvalue weighted by Gasteiger charge is 2.21. The predicted molar refractivity (Wildman–Crippen MR) is 51.0 cm³/mol. The zero-order valence-electron chi connectivity index (χ0n) is 8.45. The molecule has 3 unspecified atom stereocenters. The van der Waals surface area contributed by atoms with E-state index in [1.54, 1.807) is 6.92 Å². The second-order valence-electron chi connectivity index (χ2n) is 3.52. The van der Waals surface area contributed by atoms with Gasteiger partial charge in [-0.25, -0.2) is 0 Å². The first-order valence-electron chi connectivity index (χ1n) is 4.99. The third kappa shape index (κ3) is 4.07. The molecule has 0 spiro atoms. The van der Waals surface area contributed by atoms with Gasteiger partial charge in [0.15, 0.2) is 0 Å². The van der Waals surface area contributed by atoms with E-state index in [1.807, 2.05) is 6.92 Å². The van der Waals surface area contributed by atoms with Gasteiger partial charge in [0.25, 0.3) is 0 Å². The number of aliphatic hydroxyl groups is 2. The van der Waals surface area contributed by atoms with E-state index < -0.39 is 0 Å². The van der Waals surface area contributed by atoms with Crippen molar-refractivity contribution in [3.05, 3.63) is 0 Å². The van der Waals surface area contributed by atoms with Crippen LogP contribution in [0.4, 0.5) is 0 Å². The Bertz CT molecular complexity index is 102. The molecule has 74 valence electrons. The van der Waals surface area contributed by atoms with E-state index in [9.17, 15) is 10.2 Å². The molecule has 0 rings (SSSR count). The van der Waals surface area contributed by atoms with Gasteiger partial charge in [-0.3, -0.25) is 0 Å². The van der Waals surface area contributed by atoms with E-state index in [4.69, 9.17) is 0 Å². The fourth-order valence-corrected chi connectivity index (χ4v) is 1.50. The molecular formula is C10H22O2. The molecule has 0 aliphatic rings. The van der Waals surface area contributed by atoms with Gasteiger partial charge < -0.3 is 10.2 Å². The highest BCUT2D eigenvalue weighted by atomic mass is 16.3. The summed E-state index contributed by atoms with van der Waals surface area (Å²) in [4.78, 5) is 0. The molecule has 0 saturated carbocycles. The molecule has 0 aromatic heterocycles. The van der Waals surface area contributed by atoms with E-state index in [0.29, 0.717) is 0 Å². The summed E-state index contributed by atoms with van der Waals surface area (Å²) in [5, 5.41) is 18.9. The van der Waals surface area contributed by atoms with Gasteiger partial charge in [0.1, 0.15) is 0 Å². The third-order valence-electron chi connectivity index (χ3n) is 2.42. The lowest BCUT2D eigenvalue weighted by Gasteiger charge is -2.24. The monoisotopic (exact) mass is 174 g/mol. The van der Waals surface area contributed by atoms with E-state index in [-0.39, 0.29) is 18.1 Å². The fourth-order valence-electron chi connectivity index (χ4n) is 1.50. The summed E-state index contributed by atoms with van der Waals surface area (Å²) in [7, 11) is 0. The van der Waals surface area contributed by atoms with Crippen molar-refractivity contribution in [2.24, 2.45) is 5.92 Å². The highest BCUT2D eigenvalue weighted by Crippen LogP contribution is 2.19. The van der Waals surface area contributed by atoms with Crippen LogP contribution in [-0.4, -0.2) is 22.4 Å².